The average Bonchev–Trinajstić information content (AvgIpc) is 2.35. The van der Waals surface area contributed by atoms with E-state index < -0.39 is 17.1 Å². The van der Waals surface area contributed by atoms with Gasteiger partial charge in [0.2, 0.25) is 0 Å². The van der Waals surface area contributed by atoms with Crippen molar-refractivity contribution >= 4 is 6.09 Å². The molecule has 1 aromatic rings. The maximum atomic E-state index is 11.0. The first kappa shape index (κ1) is 13.9. The molecule has 0 aliphatic rings. The molecular formula is C11H15N3O4. The van der Waals surface area contributed by atoms with E-state index in [2.05, 4.69) is 15.6 Å². The zero-order valence-electron chi connectivity index (χ0n) is 9.96. The highest BCUT2D eigenvalue weighted by atomic mass is 16.6. The van der Waals surface area contributed by atoms with E-state index in [-0.39, 0.29) is 13.2 Å². The molecule has 2 N–H and O–H groups in total. The molecule has 1 unspecified atom stereocenters. The molecular weight excluding hydrogens is 238 g/mol. The summed E-state index contributed by atoms with van der Waals surface area (Å²) in [5.41, 5.74) is 5.28. The Labute approximate surface area is 104 Å². The van der Waals surface area contributed by atoms with Gasteiger partial charge in [-0.25, -0.2) is 10.2 Å². The number of nitro groups is 1. The van der Waals surface area contributed by atoms with Crippen molar-refractivity contribution < 1.29 is 14.5 Å². The monoisotopic (exact) mass is 253 g/mol. The van der Waals surface area contributed by atoms with E-state index in [1.807, 2.05) is 0 Å². The van der Waals surface area contributed by atoms with Gasteiger partial charge in [0.25, 0.3) is 6.04 Å². The molecule has 7 nitrogen and oxygen atoms in total. The van der Waals surface area contributed by atoms with Crippen molar-refractivity contribution in [2.24, 2.45) is 0 Å². The number of carbonyl (C=O) groups excluding carboxylic acids is 1. The second-order valence-corrected chi connectivity index (χ2v) is 3.44. The Morgan fingerprint density at radius 3 is 2.67 bits per heavy atom. The maximum absolute atomic E-state index is 11.0. The lowest BCUT2D eigenvalue weighted by atomic mass is 10.1. The van der Waals surface area contributed by atoms with E-state index in [1.54, 1.807) is 37.3 Å². The Morgan fingerprint density at radius 2 is 2.11 bits per heavy atom. The minimum atomic E-state index is -0.923. The van der Waals surface area contributed by atoms with Gasteiger partial charge in [0.1, 0.15) is 0 Å². The lowest BCUT2D eigenvalue weighted by molar-refractivity contribution is -0.527. The second-order valence-electron chi connectivity index (χ2n) is 3.44. The molecule has 0 radical (unpaired) electrons. The number of hydrogen-bond donors (Lipinski definition) is 2. The molecule has 0 saturated carbocycles. The van der Waals surface area contributed by atoms with E-state index in [1.165, 1.54) is 0 Å². The number of amides is 1. The molecule has 0 aliphatic heterocycles. The Bertz CT molecular complexity index is 397. The number of hydrogen-bond acceptors (Lipinski definition) is 5. The Kier molecular flexibility index (Phi) is 5.59. The molecule has 18 heavy (non-hydrogen) atoms. The summed E-state index contributed by atoms with van der Waals surface area (Å²) in [6.45, 7) is 1.89. The van der Waals surface area contributed by atoms with Crippen LogP contribution in [0.25, 0.3) is 0 Å². The molecule has 1 rings (SSSR count). The summed E-state index contributed by atoms with van der Waals surface area (Å²) in [7, 11) is 0. The second kappa shape index (κ2) is 7.23. The molecule has 1 aromatic carbocycles. The average molecular weight is 253 g/mol. The van der Waals surface area contributed by atoms with Gasteiger partial charge in [0.05, 0.1) is 13.2 Å². The molecule has 0 aliphatic carbocycles. The standard InChI is InChI=1S/C11H15N3O4/c1-2-18-11(15)13-12-8-10(14(16)17)9-6-4-3-5-7-9/h3-7,10,12H,2,8H2,1H3,(H,13,15). The lowest BCUT2D eigenvalue weighted by Gasteiger charge is -2.11. The number of benzene rings is 1. The summed E-state index contributed by atoms with van der Waals surface area (Å²) in [6, 6.07) is 7.65. The smallest absolute Gasteiger partial charge is 0.421 e. The van der Waals surface area contributed by atoms with Crippen molar-refractivity contribution in [2.45, 2.75) is 13.0 Å². The zero-order chi connectivity index (χ0) is 13.4. The van der Waals surface area contributed by atoms with E-state index in [4.69, 9.17) is 0 Å². The van der Waals surface area contributed by atoms with E-state index in [9.17, 15) is 14.9 Å². The van der Waals surface area contributed by atoms with Crippen LogP contribution in [0.1, 0.15) is 18.5 Å². The van der Waals surface area contributed by atoms with Crippen molar-refractivity contribution in [3.05, 3.63) is 46.0 Å². The first-order chi connectivity index (χ1) is 8.65. The molecule has 0 saturated heterocycles. The summed E-state index contributed by atoms with van der Waals surface area (Å²) in [4.78, 5) is 21.5. The van der Waals surface area contributed by atoms with E-state index in [0.717, 1.165) is 0 Å². The molecule has 0 heterocycles. The van der Waals surface area contributed by atoms with Gasteiger partial charge >= 0.3 is 6.09 Å². The molecule has 0 bridgehead atoms. The summed E-state index contributed by atoms with van der Waals surface area (Å²) >= 11 is 0. The van der Waals surface area contributed by atoms with Gasteiger partial charge in [-0.15, -0.1) is 0 Å². The maximum Gasteiger partial charge on any atom is 0.421 e. The van der Waals surface area contributed by atoms with Crippen LogP contribution in [0.2, 0.25) is 0 Å². The third kappa shape index (κ3) is 4.38. The van der Waals surface area contributed by atoms with Crippen molar-refractivity contribution in [1.29, 1.82) is 0 Å². The summed E-state index contributed by atoms with van der Waals surface area (Å²) in [6.07, 6.45) is -0.660. The summed E-state index contributed by atoms with van der Waals surface area (Å²) < 4.78 is 4.61. The van der Waals surface area contributed by atoms with Crippen LogP contribution in [0.3, 0.4) is 0 Å². The SMILES string of the molecule is CCOC(=O)NNCC(c1ccccc1)[N+](=O)[O-]. The van der Waals surface area contributed by atoms with Gasteiger partial charge in [-0.05, 0) is 6.92 Å². The summed E-state index contributed by atoms with van der Waals surface area (Å²) in [5.74, 6) is 0. The fourth-order valence-electron chi connectivity index (χ4n) is 1.38. The fraction of sp³-hybridized carbons (Fsp3) is 0.364. The first-order valence-electron chi connectivity index (χ1n) is 5.49. The van der Waals surface area contributed by atoms with E-state index in [0.29, 0.717) is 5.56 Å². The van der Waals surface area contributed by atoms with Crippen LogP contribution in [0.5, 0.6) is 0 Å². The quantitative estimate of drug-likeness (QED) is 0.588. The van der Waals surface area contributed by atoms with Crippen LogP contribution in [0.4, 0.5) is 4.79 Å². The van der Waals surface area contributed by atoms with Crippen LogP contribution < -0.4 is 10.9 Å². The molecule has 7 heteroatoms. The molecule has 0 spiro atoms. The van der Waals surface area contributed by atoms with Gasteiger partial charge in [-0.2, -0.15) is 0 Å². The molecule has 1 atom stereocenters. The van der Waals surface area contributed by atoms with Gasteiger partial charge in [-0.3, -0.25) is 15.5 Å². The number of nitrogens with zero attached hydrogens (tertiary/aromatic N) is 1. The normalized spacial score (nSPS) is 11.6. The van der Waals surface area contributed by atoms with Gasteiger partial charge in [0.15, 0.2) is 0 Å². The van der Waals surface area contributed by atoms with Crippen molar-refractivity contribution in [3.63, 3.8) is 0 Å². The van der Waals surface area contributed by atoms with Crippen LogP contribution in [0.15, 0.2) is 30.3 Å². The Balaban J connectivity index is 2.50. The van der Waals surface area contributed by atoms with Gasteiger partial charge in [0, 0.05) is 10.5 Å². The minimum absolute atomic E-state index is 0.0180. The van der Waals surface area contributed by atoms with Crippen LogP contribution in [0, 0.1) is 10.1 Å². The molecule has 1 amide bonds. The van der Waals surface area contributed by atoms with E-state index >= 15 is 0 Å². The predicted octanol–water partition coefficient (Wildman–Crippen LogP) is 1.26. The number of nitrogens with one attached hydrogen (secondary N) is 2. The van der Waals surface area contributed by atoms with Gasteiger partial charge < -0.3 is 4.74 Å². The first-order valence-corrected chi connectivity index (χ1v) is 5.49. The predicted molar refractivity (Wildman–Crippen MR) is 64.3 cm³/mol. The molecule has 0 aromatic heterocycles. The highest BCUT2D eigenvalue weighted by Crippen LogP contribution is 2.14. The minimum Gasteiger partial charge on any atom is -0.449 e. The van der Waals surface area contributed by atoms with Crippen molar-refractivity contribution in [1.82, 2.24) is 10.9 Å². The number of carbonyl (C=O) groups is 1. The fourth-order valence-corrected chi connectivity index (χ4v) is 1.38. The highest BCUT2D eigenvalue weighted by molar-refractivity contribution is 5.66. The molecule has 98 valence electrons. The third-order valence-electron chi connectivity index (χ3n) is 2.20. The Morgan fingerprint density at radius 1 is 1.44 bits per heavy atom. The van der Waals surface area contributed by atoms with Crippen molar-refractivity contribution in [2.75, 3.05) is 13.2 Å². The number of hydrazine groups is 1. The summed E-state index contributed by atoms with van der Waals surface area (Å²) in [5, 5.41) is 10.9. The van der Waals surface area contributed by atoms with Crippen LogP contribution in [-0.4, -0.2) is 24.2 Å². The zero-order valence-corrected chi connectivity index (χ0v) is 9.96. The highest BCUT2D eigenvalue weighted by Gasteiger charge is 2.22. The number of ether oxygens (including phenoxy) is 1. The third-order valence-corrected chi connectivity index (χ3v) is 2.20. The number of rotatable bonds is 6. The Hall–Kier alpha value is -2.15. The lowest BCUT2D eigenvalue weighted by Crippen LogP contribution is -2.41. The largest absolute Gasteiger partial charge is 0.449 e. The van der Waals surface area contributed by atoms with Crippen LogP contribution >= 0.6 is 0 Å². The topological polar surface area (TPSA) is 93.5 Å². The van der Waals surface area contributed by atoms with Crippen LogP contribution in [-0.2, 0) is 4.74 Å². The van der Waals surface area contributed by atoms with Crippen molar-refractivity contribution in [3.8, 4) is 0 Å². The molecule has 0 fully saturated rings. The van der Waals surface area contributed by atoms with Gasteiger partial charge in [-0.1, -0.05) is 30.3 Å².